The maximum atomic E-state index is 12.8. The van der Waals surface area contributed by atoms with Gasteiger partial charge in [0, 0.05) is 18.9 Å². The summed E-state index contributed by atoms with van der Waals surface area (Å²) >= 11 is 0. The van der Waals surface area contributed by atoms with Gasteiger partial charge >= 0.3 is 0 Å². The van der Waals surface area contributed by atoms with E-state index in [0.717, 1.165) is 6.42 Å². The molecule has 0 heterocycles. The van der Waals surface area contributed by atoms with Crippen molar-refractivity contribution in [3.8, 4) is 6.07 Å². The molecule has 1 atom stereocenters. The number of nitriles is 1. The molecule has 1 rings (SSSR count). The first-order chi connectivity index (χ1) is 6.57. The van der Waals surface area contributed by atoms with Crippen LogP contribution in [-0.2, 0) is 0 Å². The summed E-state index contributed by atoms with van der Waals surface area (Å²) in [7, 11) is 0. The fraction of sp³-hybridized carbons (Fsp3) is 0.900. The van der Waals surface area contributed by atoms with Gasteiger partial charge in [-0.2, -0.15) is 5.26 Å². The average molecular weight is 202 g/mol. The summed E-state index contributed by atoms with van der Waals surface area (Å²) in [5.74, 6) is -2.48. The lowest BCUT2D eigenvalue weighted by Gasteiger charge is -2.30. The molecule has 1 N–H and O–H groups in total. The van der Waals surface area contributed by atoms with E-state index in [1.807, 2.05) is 6.92 Å². The molecule has 1 aliphatic rings. The molecule has 0 radical (unpaired) electrons. The van der Waals surface area contributed by atoms with Gasteiger partial charge in [0.2, 0.25) is 5.92 Å². The maximum absolute atomic E-state index is 12.8. The van der Waals surface area contributed by atoms with E-state index in [1.165, 1.54) is 0 Å². The highest BCUT2D eigenvalue weighted by atomic mass is 19.3. The van der Waals surface area contributed by atoms with E-state index in [9.17, 15) is 8.78 Å². The highest BCUT2D eigenvalue weighted by molar-refractivity contribution is 4.92. The van der Waals surface area contributed by atoms with Gasteiger partial charge in [-0.1, -0.05) is 6.92 Å². The molecule has 0 aromatic heterocycles. The third-order valence-electron chi connectivity index (χ3n) is 2.72. The van der Waals surface area contributed by atoms with Crippen molar-refractivity contribution >= 4 is 0 Å². The predicted octanol–water partition coefficient (Wildman–Crippen LogP) is 2.46. The van der Waals surface area contributed by atoms with Crippen LogP contribution in [-0.4, -0.2) is 18.0 Å². The van der Waals surface area contributed by atoms with E-state index in [1.54, 1.807) is 0 Å². The molecule has 1 unspecified atom stereocenters. The van der Waals surface area contributed by atoms with Gasteiger partial charge in [0.05, 0.1) is 12.1 Å². The van der Waals surface area contributed by atoms with E-state index in [2.05, 4.69) is 11.4 Å². The van der Waals surface area contributed by atoms with E-state index in [4.69, 9.17) is 5.26 Å². The molecule has 0 amide bonds. The molecule has 80 valence electrons. The lowest BCUT2D eigenvalue weighted by molar-refractivity contribution is -0.0408. The van der Waals surface area contributed by atoms with Gasteiger partial charge in [-0.15, -0.1) is 0 Å². The topological polar surface area (TPSA) is 35.8 Å². The highest BCUT2D eigenvalue weighted by Crippen LogP contribution is 2.33. The van der Waals surface area contributed by atoms with Gasteiger partial charge in [-0.25, -0.2) is 8.78 Å². The van der Waals surface area contributed by atoms with Crippen LogP contribution in [0, 0.1) is 11.3 Å². The van der Waals surface area contributed by atoms with Gasteiger partial charge in [0.15, 0.2) is 0 Å². The second-order valence-electron chi connectivity index (χ2n) is 3.89. The second-order valence-corrected chi connectivity index (χ2v) is 3.89. The van der Waals surface area contributed by atoms with E-state index < -0.39 is 5.92 Å². The van der Waals surface area contributed by atoms with Crippen LogP contribution in [0.2, 0.25) is 0 Å². The summed E-state index contributed by atoms with van der Waals surface area (Å²) in [5.41, 5.74) is 0. The molecule has 0 spiro atoms. The normalized spacial score (nSPS) is 24.1. The molecule has 1 aliphatic carbocycles. The van der Waals surface area contributed by atoms with Crippen LogP contribution in [0.3, 0.4) is 0 Å². The molecule has 0 aromatic rings. The molecular formula is C10H16F2N2. The van der Waals surface area contributed by atoms with Crippen molar-refractivity contribution in [1.82, 2.24) is 5.32 Å². The summed E-state index contributed by atoms with van der Waals surface area (Å²) in [6.07, 6.45) is 1.58. The zero-order valence-electron chi connectivity index (χ0n) is 8.39. The number of alkyl halides is 2. The van der Waals surface area contributed by atoms with Crippen molar-refractivity contribution in [1.29, 1.82) is 5.26 Å². The molecule has 4 heteroatoms. The summed E-state index contributed by atoms with van der Waals surface area (Å²) in [4.78, 5) is 0. The number of nitrogens with zero attached hydrogens (tertiary/aromatic N) is 1. The van der Waals surface area contributed by atoms with Gasteiger partial charge in [0.25, 0.3) is 0 Å². The van der Waals surface area contributed by atoms with Crippen molar-refractivity contribution in [3.05, 3.63) is 0 Å². The fourth-order valence-electron chi connectivity index (χ4n) is 1.74. The van der Waals surface area contributed by atoms with Crippen LogP contribution in [0.15, 0.2) is 0 Å². The number of rotatable bonds is 3. The largest absolute Gasteiger partial charge is 0.299 e. The number of hydrogen-bond donors (Lipinski definition) is 1. The molecule has 0 saturated heterocycles. The Morgan fingerprint density at radius 2 is 2.07 bits per heavy atom. The predicted molar refractivity (Wildman–Crippen MR) is 50.0 cm³/mol. The number of halogens is 2. The van der Waals surface area contributed by atoms with Crippen LogP contribution in [0.1, 0.15) is 39.0 Å². The van der Waals surface area contributed by atoms with Gasteiger partial charge < -0.3 is 0 Å². The van der Waals surface area contributed by atoms with Gasteiger partial charge in [-0.3, -0.25) is 5.32 Å². The minimum Gasteiger partial charge on any atom is -0.299 e. The van der Waals surface area contributed by atoms with Crippen LogP contribution in [0.25, 0.3) is 0 Å². The summed E-state index contributed by atoms with van der Waals surface area (Å²) in [5, 5.41) is 11.8. The van der Waals surface area contributed by atoms with E-state index >= 15 is 0 Å². The Hall–Kier alpha value is -0.690. The van der Waals surface area contributed by atoms with Crippen LogP contribution >= 0.6 is 0 Å². The molecule has 1 fully saturated rings. The average Bonchev–Trinajstić information content (AvgIpc) is 2.16. The van der Waals surface area contributed by atoms with E-state index in [0.29, 0.717) is 12.8 Å². The van der Waals surface area contributed by atoms with Gasteiger partial charge in [0.1, 0.15) is 0 Å². The molecule has 1 saturated carbocycles. The van der Waals surface area contributed by atoms with Crippen LogP contribution in [0.4, 0.5) is 8.78 Å². The van der Waals surface area contributed by atoms with Crippen molar-refractivity contribution in [2.24, 2.45) is 0 Å². The molecule has 0 bridgehead atoms. The van der Waals surface area contributed by atoms with Crippen molar-refractivity contribution < 1.29 is 8.78 Å². The maximum Gasteiger partial charge on any atom is 0.248 e. The Morgan fingerprint density at radius 1 is 1.50 bits per heavy atom. The van der Waals surface area contributed by atoms with Crippen molar-refractivity contribution in [2.45, 2.75) is 57.0 Å². The number of hydrogen-bond acceptors (Lipinski definition) is 2. The lowest BCUT2D eigenvalue weighted by atomic mass is 9.91. The molecule has 2 nitrogen and oxygen atoms in total. The Bertz CT molecular complexity index is 213. The Balaban J connectivity index is 2.32. The molecule has 0 aliphatic heterocycles. The third kappa shape index (κ3) is 3.22. The first-order valence-electron chi connectivity index (χ1n) is 5.11. The summed E-state index contributed by atoms with van der Waals surface area (Å²) < 4.78 is 25.6. The smallest absolute Gasteiger partial charge is 0.248 e. The number of nitrogens with one attached hydrogen (secondary N) is 1. The van der Waals surface area contributed by atoms with E-state index in [-0.39, 0.29) is 24.9 Å². The second kappa shape index (κ2) is 4.70. The lowest BCUT2D eigenvalue weighted by Crippen LogP contribution is -2.41. The van der Waals surface area contributed by atoms with Crippen molar-refractivity contribution in [2.75, 3.05) is 0 Å². The Morgan fingerprint density at radius 3 is 2.50 bits per heavy atom. The zero-order chi connectivity index (χ0) is 10.6. The Kier molecular flexibility index (Phi) is 3.82. The minimum absolute atomic E-state index is 0.0491. The van der Waals surface area contributed by atoms with Crippen molar-refractivity contribution in [3.63, 3.8) is 0 Å². The monoisotopic (exact) mass is 202 g/mol. The molecule has 0 aromatic carbocycles. The molecular weight excluding hydrogens is 186 g/mol. The quantitative estimate of drug-likeness (QED) is 0.763. The summed E-state index contributed by atoms with van der Waals surface area (Å²) in [6.45, 7) is 1.91. The van der Waals surface area contributed by atoms with Gasteiger partial charge in [-0.05, 0) is 19.3 Å². The first kappa shape index (κ1) is 11.4. The Labute approximate surface area is 83.3 Å². The van der Waals surface area contributed by atoms with Crippen LogP contribution < -0.4 is 5.32 Å². The third-order valence-corrected chi connectivity index (χ3v) is 2.72. The minimum atomic E-state index is -2.48. The first-order valence-corrected chi connectivity index (χ1v) is 5.11. The highest BCUT2D eigenvalue weighted by Gasteiger charge is 2.35. The summed E-state index contributed by atoms with van der Waals surface area (Å²) in [6, 6.07) is 2.03. The zero-order valence-corrected chi connectivity index (χ0v) is 8.39. The molecule has 14 heavy (non-hydrogen) atoms. The standard InChI is InChI=1S/C10H16F2N2/c1-2-8(7-13)14-9-3-5-10(11,12)6-4-9/h8-9,14H,2-6H2,1H3. The fourth-order valence-corrected chi connectivity index (χ4v) is 1.74. The SMILES string of the molecule is CCC(C#N)NC1CCC(F)(F)CC1. The van der Waals surface area contributed by atoms with Crippen LogP contribution in [0.5, 0.6) is 0 Å².